The summed E-state index contributed by atoms with van der Waals surface area (Å²) in [5.74, 6) is 0.475. The number of amides is 1. The van der Waals surface area contributed by atoms with Crippen molar-refractivity contribution < 1.29 is 14.3 Å². The van der Waals surface area contributed by atoms with Crippen LogP contribution in [0.1, 0.15) is 23.2 Å². The second kappa shape index (κ2) is 7.54. The molecule has 5 heteroatoms. The number of fused-ring (bicyclic) bond motifs is 1. The normalized spacial score (nSPS) is 16.5. The van der Waals surface area contributed by atoms with Gasteiger partial charge in [-0.2, -0.15) is 0 Å². The predicted molar refractivity (Wildman–Crippen MR) is 101 cm³/mol. The molecule has 1 N–H and O–H groups in total. The number of hydrogen-bond acceptors (Lipinski definition) is 4. The third kappa shape index (κ3) is 3.68. The highest BCUT2D eigenvalue weighted by atomic mass is 16.5. The molecule has 1 fully saturated rings. The number of anilines is 1. The van der Waals surface area contributed by atoms with Crippen LogP contribution in [0.25, 0.3) is 10.9 Å². The zero-order valence-corrected chi connectivity index (χ0v) is 14.4. The quantitative estimate of drug-likeness (QED) is 0.756. The smallest absolute Gasteiger partial charge is 0.255 e. The molecule has 1 aliphatic heterocycles. The Kier molecular flexibility index (Phi) is 4.80. The first-order valence-corrected chi connectivity index (χ1v) is 8.79. The third-order valence-electron chi connectivity index (χ3n) is 4.45. The van der Waals surface area contributed by atoms with Gasteiger partial charge in [-0.15, -0.1) is 0 Å². The molecule has 5 nitrogen and oxygen atoms in total. The standard InChI is InChI=1S/C21H20N2O3/c24-21(16-9-10-18-15(13-16)5-3-11-22-18)23-19-7-1-2-8-20(19)26-14-17-6-4-12-25-17/h1-3,5,7-11,13,17H,4,6,12,14H2,(H,23,24). The maximum Gasteiger partial charge on any atom is 0.255 e. The van der Waals surface area contributed by atoms with Crippen molar-refractivity contribution in [3.05, 3.63) is 66.4 Å². The van der Waals surface area contributed by atoms with Crippen LogP contribution in [0.2, 0.25) is 0 Å². The molecule has 2 heterocycles. The molecule has 0 saturated carbocycles. The fourth-order valence-corrected chi connectivity index (χ4v) is 3.07. The summed E-state index contributed by atoms with van der Waals surface area (Å²) in [6.07, 6.45) is 3.96. The van der Waals surface area contributed by atoms with E-state index in [2.05, 4.69) is 10.3 Å². The summed E-state index contributed by atoms with van der Waals surface area (Å²) in [6.45, 7) is 1.29. The first kappa shape index (κ1) is 16.5. The zero-order valence-electron chi connectivity index (χ0n) is 14.4. The highest BCUT2D eigenvalue weighted by Crippen LogP contribution is 2.26. The molecule has 1 aliphatic rings. The van der Waals surface area contributed by atoms with Crippen LogP contribution < -0.4 is 10.1 Å². The lowest BCUT2D eigenvalue weighted by molar-refractivity contribution is 0.0682. The number of aromatic nitrogens is 1. The monoisotopic (exact) mass is 348 g/mol. The molecule has 1 aromatic heterocycles. The average molecular weight is 348 g/mol. The first-order valence-electron chi connectivity index (χ1n) is 8.79. The van der Waals surface area contributed by atoms with Gasteiger partial charge in [0.15, 0.2) is 0 Å². The van der Waals surface area contributed by atoms with Crippen LogP contribution in [0.4, 0.5) is 5.69 Å². The van der Waals surface area contributed by atoms with E-state index in [0.29, 0.717) is 23.6 Å². The second-order valence-electron chi connectivity index (χ2n) is 6.31. The highest BCUT2D eigenvalue weighted by Gasteiger charge is 2.17. The van der Waals surface area contributed by atoms with Gasteiger partial charge < -0.3 is 14.8 Å². The number of nitrogens with zero attached hydrogens (tertiary/aromatic N) is 1. The molecule has 1 atom stereocenters. The van der Waals surface area contributed by atoms with E-state index in [-0.39, 0.29) is 12.0 Å². The van der Waals surface area contributed by atoms with Gasteiger partial charge in [0.1, 0.15) is 12.4 Å². The summed E-state index contributed by atoms with van der Waals surface area (Å²) in [4.78, 5) is 16.9. The lowest BCUT2D eigenvalue weighted by Crippen LogP contribution is -2.18. The van der Waals surface area contributed by atoms with Crippen LogP contribution in [0.3, 0.4) is 0 Å². The molecular formula is C21H20N2O3. The van der Waals surface area contributed by atoms with Crippen LogP contribution in [0.15, 0.2) is 60.8 Å². The van der Waals surface area contributed by atoms with Crippen LogP contribution >= 0.6 is 0 Å². The van der Waals surface area contributed by atoms with Crippen molar-refractivity contribution in [2.45, 2.75) is 18.9 Å². The van der Waals surface area contributed by atoms with Gasteiger partial charge in [-0.1, -0.05) is 18.2 Å². The van der Waals surface area contributed by atoms with Crippen LogP contribution in [-0.4, -0.2) is 30.2 Å². The van der Waals surface area contributed by atoms with E-state index in [1.165, 1.54) is 0 Å². The minimum Gasteiger partial charge on any atom is -0.489 e. The minimum absolute atomic E-state index is 0.131. The Labute approximate surface area is 152 Å². The summed E-state index contributed by atoms with van der Waals surface area (Å²) >= 11 is 0. The Morgan fingerprint density at radius 3 is 3.00 bits per heavy atom. The Balaban J connectivity index is 1.49. The molecule has 1 saturated heterocycles. The number of benzene rings is 2. The number of nitrogens with one attached hydrogen (secondary N) is 1. The molecule has 132 valence electrons. The number of pyridine rings is 1. The molecule has 26 heavy (non-hydrogen) atoms. The maximum atomic E-state index is 12.7. The summed E-state index contributed by atoms with van der Waals surface area (Å²) in [7, 11) is 0. The van der Waals surface area contributed by atoms with Gasteiger partial charge in [-0.25, -0.2) is 0 Å². The summed E-state index contributed by atoms with van der Waals surface area (Å²) in [5.41, 5.74) is 2.10. The second-order valence-corrected chi connectivity index (χ2v) is 6.31. The van der Waals surface area contributed by atoms with Crippen molar-refractivity contribution >= 4 is 22.5 Å². The van der Waals surface area contributed by atoms with Gasteiger partial charge in [0.2, 0.25) is 0 Å². The molecule has 0 aliphatic carbocycles. The largest absolute Gasteiger partial charge is 0.489 e. The van der Waals surface area contributed by atoms with Gasteiger partial charge in [-0.05, 0) is 49.2 Å². The van der Waals surface area contributed by atoms with Gasteiger partial charge in [-0.3, -0.25) is 9.78 Å². The number of para-hydroxylation sites is 2. The maximum absolute atomic E-state index is 12.7. The van der Waals surface area contributed by atoms with E-state index in [1.54, 1.807) is 12.3 Å². The van der Waals surface area contributed by atoms with Crippen molar-refractivity contribution in [1.29, 1.82) is 0 Å². The topological polar surface area (TPSA) is 60.5 Å². The molecule has 2 aromatic carbocycles. The Morgan fingerprint density at radius 1 is 1.19 bits per heavy atom. The summed E-state index contributed by atoms with van der Waals surface area (Å²) in [5, 5.41) is 3.88. The van der Waals surface area contributed by atoms with E-state index in [1.807, 2.05) is 48.5 Å². The SMILES string of the molecule is O=C(Nc1ccccc1OCC1CCCO1)c1ccc2ncccc2c1. The van der Waals surface area contributed by atoms with Crippen molar-refractivity contribution in [2.24, 2.45) is 0 Å². The number of hydrogen-bond donors (Lipinski definition) is 1. The van der Waals surface area contributed by atoms with E-state index in [0.717, 1.165) is 30.4 Å². The first-order chi connectivity index (χ1) is 12.8. The van der Waals surface area contributed by atoms with Crippen LogP contribution in [0.5, 0.6) is 5.75 Å². The van der Waals surface area contributed by atoms with Crippen LogP contribution in [0, 0.1) is 0 Å². The number of rotatable bonds is 5. The molecule has 4 rings (SSSR count). The number of carbonyl (C=O) groups is 1. The number of carbonyl (C=O) groups excluding carboxylic acids is 1. The van der Waals surface area contributed by atoms with Gasteiger partial charge in [0.25, 0.3) is 5.91 Å². The van der Waals surface area contributed by atoms with Crippen LogP contribution in [-0.2, 0) is 4.74 Å². The summed E-state index contributed by atoms with van der Waals surface area (Å²) < 4.78 is 11.5. The van der Waals surface area contributed by atoms with Crippen molar-refractivity contribution in [3.63, 3.8) is 0 Å². The zero-order chi connectivity index (χ0) is 17.8. The van der Waals surface area contributed by atoms with Gasteiger partial charge >= 0.3 is 0 Å². The molecule has 0 radical (unpaired) electrons. The fraction of sp³-hybridized carbons (Fsp3) is 0.238. The van der Waals surface area contributed by atoms with Crippen molar-refractivity contribution in [1.82, 2.24) is 4.98 Å². The average Bonchev–Trinajstić information content (AvgIpc) is 3.20. The number of ether oxygens (including phenoxy) is 2. The molecule has 0 bridgehead atoms. The molecule has 1 unspecified atom stereocenters. The third-order valence-corrected chi connectivity index (χ3v) is 4.45. The van der Waals surface area contributed by atoms with E-state index in [4.69, 9.17) is 9.47 Å². The van der Waals surface area contributed by atoms with E-state index in [9.17, 15) is 4.79 Å². The molecule has 0 spiro atoms. The van der Waals surface area contributed by atoms with Gasteiger partial charge in [0, 0.05) is 23.8 Å². The summed E-state index contributed by atoms with van der Waals surface area (Å²) in [6, 6.07) is 16.7. The molecule has 3 aromatic rings. The predicted octanol–water partition coefficient (Wildman–Crippen LogP) is 4.04. The van der Waals surface area contributed by atoms with E-state index < -0.39 is 0 Å². The van der Waals surface area contributed by atoms with Crippen molar-refractivity contribution in [3.8, 4) is 5.75 Å². The Hall–Kier alpha value is -2.92. The fourth-order valence-electron chi connectivity index (χ4n) is 3.07. The van der Waals surface area contributed by atoms with Gasteiger partial charge in [0.05, 0.1) is 17.3 Å². The lowest BCUT2D eigenvalue weighted by Gasteiger charge is -2.15. The molecular weight excluding hydrogens is 328 g/mol. The molecule has 1 amide bonds. The minimum atomic E-state index is -0.177. The Bertz CT molecular complexity index is 920. The van der Waals surface area contributed by atoms with E-state index >= 15 is 0 Å². The highest BCUT2D eigenvalue weighted by molar-refractivity contribution is 6.06. The van der Waals surface area contributed by atoms with Crippen molar-refractivity contribution in [2.75, 3.05) is 18.5 Å². The lowest BCUT2D eigenvalue weighted by atomic mass is 10.1. The Morgan fingerprint density at radius 2 is 2.12 bits per heavy atom.